The van der Waals surface area contributed by atoms with Crippen LogP contribution in [-0.2, 0) is 6.54 Å². The lowest BCUT2D eigenvalue weighted by molar-refractivity contribution is 0.103. The molecule has 1 aliphatic rings. The van der Waals surface area contributed by atoms with Crippen LogP contribution in [0.25, 0.3) is 0 Å². The van der Waals surface area contributed by atoms with Gasteiger partial charge in [0.1, 0.15) is 5.75 Å². The Morgan fingerprint density at radius 1 is 1.22 bits per heavy atom. The summed E-state index contributed by atoms with van der Waals surface area (Å²) in [4.78, 5) is 0. The lowest BCUT2D eigenvalue weighted by Crippen LogP contribution is -2.48. The molecule has 1 aromatic carbocycles. The number of rotatable bonds is 5. The molecule has 0 atom stereocenters. The average Bonchev–Trinajstić information content (AvgIpc) is 2.82. The van der Waals surface area contributed by atoms with Gasteiger partial charge >= 0.3 is 0 Å². The molecule has 0 amide bonds. The second-order valence-electron chi connectivity index (χ2n) is 4.56. The molecular weight excluding hydrogens is 238 g/mol. The van der Waals surface area contributed by atoms with Crippen molar-refractivity contribution < 1.29 is 24.8 Å². The minimum Gasteiger partial charge on any atom is -0.507 e. The van der Waals surface area contributed by atoms with Crippen LogP contribution in [0.4, 0.5) is 0 Å². The van der Waals surface area contributed by atoms with E-state index in [1.54, 1.807) is 13.0 Å². The summed E-state index contributed by atoms with van der Waals surface area (Å²) < 4.78 is 10.4. The van der Waals surface area contributed by atoms with Crippen LogP contribution in [-0.4, -0.2) is 40.9 Å². The number of hydrogen-bond acceptors (Lipinski definition) is 6. The zero-order valence-corrected chi connectivity index (χ0v) is 10.1. The zero-order chi connectivity index (χ0) is 13.2. The maximum atomic E-state index is 9.82. The Labute approximate surface area is 105 Å². The number of aliphatic hydroxyl groups is 2. The first-order chi connectivity index (χ1) is 8.58. The summed E-state index contributed by atoms with van der Waals surface area (Å²) in [6, 6.07) is 3.18. The number of benzene rings is 1. The van der Waals surface area contributed by atoms with Crippen molar-refractivity contribution in [3.63, 3.8) is 0 Å². The smallest absolute Gasteiger partial charge is 0.231 e. The Morgan fingerprint density at radius 3 is 2.44 bits per heavy atom. The molecule has 100 valence electrons. The number of aromatic hydroxyl groups is 1. The van der Waals surface area contributed by atoms with Crippen LogP contribution in [0.3, 0.4) is 0 Å². The first kappa shape index (κ1) is 12.9. The Morgan fingerprint density at radius 2 is 1.83 bits per heavy atom. The molecule has 1 heterocycles. The number of fused-ring (bicyclic) bond motifs is 1. The molecule has 6 heteroatoms. The van der Waals surface area contributed by atoms with Crippen LogP contribution < -0.4 is 14.8 Å². The highest BCUT2D eigenvalue weighted by Gasteiger charge is 2.23. The van der Waals surface area contributed by atoms with Gasteiger partial charge in [-0.1, -0.05) is 0 Å². The lowest BCUT2D eigenvalue weighted by Gasteiger charge is -2.26. The Balaban J connectivity index is 2.10. The van der Waals surface area contributed by atoms with Crippen LogP contribution in [0.1, 0.15) is 12.5 Å². The zero-order valence-electron chi connectivity index (χ0n) is 10.1. The van der Waals surface area contributed by atoms with E-state index in [1.807, 2.05) is 0 Å². The number of phenolic OH excluding ortho intramolecular Hbond substituents is 1. The predicted molar refractivity (Wildman–Crippen MR) is 63.6 cm³/mol. The third kappa shape index (κ3) is 2.50. The van der Waals surface area contributed by atoms with E-state index in [0.29, 0.717) is 23.6 Å². The summed E-state index contributed by atoms with van der Waals surface area (Å²) in [7, 11) is 0. The van der Waals surface area contributed by atoms with Gasteiger partial charge in [0.2, 0.25) is 6.79 Å². The van der Waals surface area contributed by atoms with E-state index in [0.717, 1.165) is 0 Å². The van der Waals surface area contributed by atoms with Gasteiger partial charge in [0.05, 0.1) is 18.8 Å². The van der Waals surface area contributed by atoms with Crippen LogP contribution in [0, 0.1) is 0 Å². The van der Waals surface area contributed by atoms with E-state index in [4.69, 9.17) is 19.7 Å². The Kier molecular flexibility index (Phi) is 3.60. The van der Waals surface area contributed by atoms with Gasteiger partial charge in [-0.25, -0.2) is 0 Å². The van der Waals surface area contributed by atoms with E-state index < -0.39 is 5.54 Å². The van der Waals surface area contributed by atoms with Crippen molar-refractivity contribution in [2.45, 2.75) is 19.0 Å². The fourth-order valence-corrected chi connectivity index (χ4v) is 1.59. The van der Waals surface area contributed by atoms with Crippen molar-refractivity contribution >= 4 is 0 Å². The Hall–Kier alpha value is -1.50. The maximum absolute atomic E-state index is 9.82. The topological polar surface area (TPSA) is 91.2 Å². The number of phenols is 1. The average molecular weight is 255 g/mol. The van der Waals surface area contributed by atoms with E-state index in [2.05, 4.69) is 5.32 Å². The molecule has 0 bridgehead atoms. The Bertz CT molecular complexity index is 431. The fourth-order valence-electron chi connectivity index (χ4n) is 1.59. The van der Waals surface area contributed by atoms with Crippen molar-refractivity contribution in [1.29, 1.82) is 0 Å². The first-order valence-electron chi connectivity index (χ1n) is 5.66. The summed E-state index contributed by atoms with van der Waals surface area (Å²) >= 11 is 0. The first-order valence-corrected chi connectivity index (χ1v) is 5.66. The highest BCUT2D eigenvalue weighted by atomic mass is 16.7. The van der Waals surface area contributed by atoms with Crippen LogP contribution in [0.5, 0.6) is 17.2 Å². The number of aliphatic hydroxyl groups excluding tert-OH is 2. The molecule has 0 radical (unpaired) electrons. The number of hydrogen-bond donors (Lipinski definition) is 4. The van der Waals surface area contributed by atoms with Gasteiger partial charge in [-0.2, -0.15) is 0 Å². The van der Waals surface area contributed by atoms with Crippen molar-refractivity contribution in [3.05, 3.63) is 17.7 Å². The summed E-state index contributed by atoms with van der Waals surface area (Å²) in [6.45, 7) is 1.75. The van der Waals surface area contributed by atoms with E-state index >= 15 is 0 Å². The maximum Gasteiger partial charge on any atom is 0.231 e. The molecule has 18 heavy (non-hydrogen) atoms. The van der Waals surface area contributed by atoms with Crippen LogP contribution >= 0.6 is 0 Å². The molecule has 0 fully saturated rings. The molecule has 0 aliphatic carbocycles. The molecule has 0 unspecified atom stereocenters. The third-order valence-corrected chi connectivity index (χ3v) is 2.98. The highest BCUT2D eigenvalue weighted by Crippen LogP contribution is 2.37. The number of ether oxygens (including phenoxy) is 2. The van der Waals surface area contributed by atoms with Crippen LogP contribution in [0.2, 0.25) is 0 Å². The van der Waals surface area contributed by atoms with Gasteiger partial charge in [-0.3, -0.25) is 0 Å². The third-order valence-electron chi connectivity index (χ3n) is 2.98. The predicted octanol–water partition coefficient (Wildman–Crippen LogP) is -0.0462. The highest BCUT2D eigenvalue weighted by molar-refractivity contribution is 5.51. The van der Waals surface area contributed by atoms with E-state index in [-0.39, 0.29) is 25.8 Å². The second kappa shape index (κ2) is 5.01. The molecule has 0 aromatic heterocycles. The van der Waals surface area contributed by atoms with Gasteiger partial charge in [0.25, 0.3) is 0 Å². The molecule has 6 nitrogen and oxygen atoms in total. The van der Waals surface area contributed by atoms with E-state index in [1.165, 1.54) is 6.07 Å². The van der Waals surface area contributed by atoms with Gasteiger partial charge < -0.3 is 30.1 Å². The lowest BCUT2D eigenvalue weighted by atomic mass is 10.0. The van der Waals surface area contributed by atoms with Gasteiger partial charge in [0.15, 0.2) is 11.5 Å². The molecule has 0 spiro atoms. The summed E-state index contributed by atoms with van der Waals surface area (Å²) in [6.07, 6.45) is 0. The largest absolute Gasteiger partial charge is 0.507 e. The van der Waals surface area contributed by atoms with Gasteiger partial charge in [0, 0.05) is 18.2 Å². The molecule has 1 aromatic rings. The van der Waals surface area contributed by atoms with Crippen LogP contribution in [0.15, 0.2) is 12.1 Å². The van der Waals surface area contributed by atoms with Crippen molar-refractivity contribution in [1.82, 2.24) is 5.32 Å². The summed E-state index contributed by atoms with van der Waals surface area (Å²) in [5.74, 6) is 1.19. The fraction of sp³-hybridized carbons (Fsp3) is 0.500. The monoisotopic (exact) mass is 255 g/mol. The molecule has 4 N–H and O–H groups in total. The SMILES string of the molecule is CC(CO)(CO)NCc1cc2c(cc1O)OCO2. The van der Waals surface area contributed by atoms with Gasteiger partial charge in [-0.15, -0.1) is 0 Å². The second-order valence-corrected chi connectivity index (χ2v) is 4.56. The molecular formula is C12H17NO5. The van der Waals surface area contributed by atoms with Crippen molar-refractivity contribution in [2.75, 3.05) is 20.0 Å². The minimum absolute atomic E-state index is 0.0879. The van der Waals surface area contributed by atoms with E-state index in [9.17, 15) is 5.11 Å². The van der Waals surface area contributed by atoms with Crippen molar-refractivity contribution in [3.8, 4) is 17.2 Å². The number of nitrogens with one attached hydrogen (secondary N) is 1. The molecule has 0 saturated heterocycles. The van der Waals surface area contributed by atoms with Crippen molar-refractivity contribution in [2.24, 2.45) is 0 Å². The minimum atomic E-state index is -0.789. The summed E-state index contributed by atoms with van der Waals surface area (Å²) in [5.41, 5.74) is -0.171. The quantitative estimate of drug-likeness (QED) is 0.590. The van der Waals surface area contributed by atoms with Gasteiger partial charge in [-0.05, 0) is 13.0 Å². The molecule has 2 rings (SSSR count). The summed E-state index contributed by atoms with van der Waals surface area (Å²) in [5, 5.41) is 31.1. The standard InChI is InChI=1S/C12H17NO5/c1-12(5-14,6-15)13-4-8-2-10-11(3-9(8)16)18-7-17-10/h2-3,13-16H,4-7H2,1H3. The molecule has 0 saturated carbocycles. The molecule has 1 aliphatic heterocycles. The normalized spacial score (nSPS) is 13.9.